The van der Waals surface area contributed by atoms with E-state index >= 15 is 0 Å². The fraction of sp³-hybridized carbons (Fsp3) is 0.161. The highest BCUT2D eigenvalue weighted by Crippen LogP contribution is 2.49. The molecule has 0 aliphatic heterocycles. The molecule has 0 aromatic heterocycles. The summed E-state index contributed by atoms with van der Waals surface area (Å²) in [6.07, 6.45) is 0. The zero-order valence-electron chi connectivity index (χ0n) is 37.9. The van der Waals surface area contributed by atoms with Crippen LogP contribution in [0.2, 0.25) is 0 Å². The molecule has 0 nitrogen and oxygen atoms in total. The van der Waals surface area contributed by atoms with Gasteiger partial charge in [-0.15, -0.1) is 0 Å². The Morgan fingerprint density at radius 1 is 0.161 bits per heavy atom. The van der Waals surface area contributed by atoms with E-state index in [1.807, 2.05) is 0 Å². The number of hydrogen-bond donors (Lipinski definition) is 0. The van der Waals surface area contributed by atoms with Crippen LogP contribution in [0.15, 0.2) is 146 Å². The zero-order chi connectivity index (χ0) is 43.1. The van der Waals surface area contributed by atoms with Gasteiger partial charge in [-0.3, -0.25) is 0 Å². The molecule has 0 heteroatoms. The summed E-state index contributed by atoms with van der Waals surface area (Å²) >= 11 is 0. The number of fused-ring (bicyclic) bond motifs is 4. The van der Waals surface area contributed by atoms with Crippen molar-refractivity contribution in [2.24, 2.45) is 0 Å². The van der Waals surface area contributed by atoms with E-state index in [1.54, 1.807) is 0 Å². The van der Waals surface area contributed by atoms with Gasteiger partial charge in [0.2, 0.25) is 0 Å². The maximum atomic E-state index is 2.33. The fourth-order valence-electron chi connectivity index (χ4n) is 10.8. The molecule has 0 atom stereocenters. The molecular formula is C62H54. The van der Waals surface area contributed by atoms with Crippen molar-refractivity contribution in [1.29, 1.82) is 0 Å². The van der Waals surface area contributed by atoms with E-state index in [4.69, 9.17) is 0 Å². The summed E-state index contributed by atoms with van der Waals surface area (Å²) < 4.78 is 0. The van der Waals surface area contributed by atoms with Gasteiger partial charge < -0.3 is 0 Å². The van der Waals surface area contributed by atoms with Crippen molar-refractivity contribution in [3.8, 4) is 55.6 Å². The molecule has 0 bridgehead atoms. The number of rotatable bonds is 5. The molecule has 302 valence electrons. The van der Waals surface area contributed by atoms with Crippen LogP contribution in [0.1, 0.15) is 55.6 Å². The van der Waals surface area contributed by atoms with Crippen LogP contribution in [0, 0.1) is 69.2 Å². The second-order valence-corrected chi connectivity index (χ2v) is 17.8. The van der Waals surface area contributed by atoms with E-state index in [9.17, 15) is 0 Å². The standard InChI is InChI=1S/C62H54/c1-35-37(3)41(7)57(42(8)38(35)4)61-53-23-15-11-19-49(53)59(50-20-12-16-24-54(50)61)47-31-27-45(28-32-47)46-29-33-48(34-30-46)60-51-21-13-17-25-55(51)62(56-26-18-14-22-52(56)60)58-43(9)39(5)36(2)40(6)44(58)10/h11-34H,1-10H3. The maximum absolute atomic E-state index is 2.33. The lowest BCUT2D eigenvalue weighted by Gasteiger charge is -2.23. The van der Waals surface area contributed by atoms with Crippen LogP contribution in [-0.4, -0.2) is 0 Å². The van der Waals surface area contributed by atoms with E-state index in [2.05, 4.69) is 215 Å². The summed E-state index contributed by atoms with van der Waals surface area (Å²) in [5.41, 5.74) is 26.8. The van der Waals surface area contributed by atoms with E-state index in [1.165, 1.54) is 154 Å². The second kappa shape index (κ2) is 15.0. The van der Waals surface area contributed by atoms with Crippen molar-refractivity contribution in [3.63, 3.8) is 0 Å². The summed E-state index contributed by atoms with van der Waals surface area (Å²) in [7, 11) is 0. The fourth-order valence-corrected chi connectivity index (χ4v) is 10.8. The minimum Gasteiger partial charge on any atom is -0.0616 e. The summed E-state index contributed by atoms with van der Waals surface area (Å²) in [6.45, 7) is 22.9. The molecule has 0 amide bonds. The Labute approximate surface area is 367 Å². The molecule has 10 aromatic rings. The largest absolute Gasteiger partial charge is 0.0616 e. The van der Waals surface area contributed by atoms with E-state index in [0.717, 1.165) is 0 Å². The van der Waals surface area contributed by atoms with Crippen molar-refractivity contribution < 1.29 is 0 Å². The quantitative estimate of drug-likeness (QED) is 0.152. The Balaban J connectivity index is 1.09. The summed E-state index contributed by atoms with van der Waals surface area (Å²) in [4.78, 5) is 0. The Kier molecular flexibility index (Phi) is 9.53. The van der Waals surface area contributed by atoms with E-state index in [0.29, 0.717) is 0 Å². The van der Waals surface area contributed by atoms with Gasteiger partial charge in [0, 0.05) is 0 Å². The van der Waals surface area contributed by atoms with Crippen molar-refractivity contribution in [1.82, 2.24) is 0 Å². The zero-order valence-corrected chi connectivity index (χ0v) is 37.9. The first-order chi connectivity index (χ1) is 30.0. The summed E-state index contributed by atoms with van der Waals surface area (Å²) in [5.74, 6) is 0. The maximum Gasteiger partial charge on any atom is -0.00208 e. The Hall–Kier alpha value is -6.76. The van der Waals surface area contributed by atoms with Gasteiger partial charge in [-0.25, -0.2) is 0 Å². The molecule has 0 spiro atoms. The molecule has 0 fully saturated rings. The summed E-state index contributed by atoms with van der Waals surface area (Å²) in [5, 5.41) is 10.4. The third-order valence-corrected chi connectivity index (χ3v) is 15.0. The van der Waals surface area contributed by atoms with Gasteiger partial charge in [0.05, 0.1) is 0 Å². The van der Waals surface area contributed by atoms with Gasteiger partial charge in [-0.05, 0) is 224 Å². The van der Waals surface area contributed by atoms with Crippen LogP contribution < -0.4 is 0 Å². The van der Waals surface area contributed by atoms with Crippen molar-refractivity contribution in [2.75, 3.05) is 0 Å². The van der Waals surface area contributed by atoms with Crippen LogP contribution in [0.25, 0.3) is 98.7 Å². The molecule has 0 unspecified atom stereocenters. The molecule has 10 rings (SSSR count). The normalized spacial score (nSPS) is 11.7. The van der Waals surface area contributed by atoms with Crippen LogP contribution in [0.4, 0.5) is 0 Å². The van der Waals surface area contributed by atoms with Crippen LogP contribution in [-0.2, 0) is 0 Å². The lowest BCUT2D eigenvalue weighted by molar-refractivity contribution is 1.18. The van der Waals surface area contributed by atoms with Crippen LogP contribution >= 0.6 is 0 Å². The SMILES string of the molecule is Cc1c(C)c(C)c(-c2c3ccccc3c(-c3ccc(-c4ccc(-c5c6ccccc6c(-c6c(C)c(C)c(C)c(C)c6C)c6ccccc56)cc4)cc3)c3ccccc23)c(C)c1C. The van der Waals surface area contributed by atoms with Gasteiger partial charge >= 0.3 is 0 Å². The predicted octanol–water partition coefficient (Wildman–Crippen LogP) is 17.7. The van der Waals surface area contributed by atoms with Gasteiger partial charge in [-0.1, -0.05) is 146 Å². The molecule has 0 aliphatic rings. The van der Waals surface area contributed by atoms with Gasteiger partial charge in [0.25, 0.3) is 0 Å². The average Bonchev–Trinajstić information content (AvgIpc) is 3.31. The average molecular weight is 799 g/mol. The first-order valence-corrected chi connectivity index (χ1v) is 22.2. The topological polar surface area (TPSA) is 0 Å². The molecule has 0 saturated carbocycles. The number of benzene rings is 10. The first kappa shape index (κ1) is 39.4. The highest BCUT2D eigenvalue weighted by atomic mass is 14.3. The molecule has 0 heterocycles. The predicted molar refractivity (Wildman–Crippen MR) is 271 cm³/mol. The van der Waals surface area contributed by atoms with E-state index in [-0.39, 0.29) is 0 Å². The third-order valence-electron chi connectivity index (χ3n) is 15.0. The highest BCUT2D eigenvalue weighted by Gasteiger charge is 2.23. The van der Waals surface area contributed by atoms with Crippen molar-refractivity contribution in [3.05, 3.63) is 201 Å². The van der Waals surface area contributed by atoms with Gasteiger partial charge in [0.15, 0.2) is 0 Å². The van der Waals surface area contributed by atoms with Crippen molar-refractivity contribution >= 4 is 43.1 Å². The van der Waals surface area contributed by atoms with Crippen LogP contribution in [0.3, 0.4) is 0 Å². The minimum absolute atomic E-state index is 1.21. The number of hydrogen-bond acceptors (Lipinski definition) is 0. The van der Waals surface area contributed by atoms with E-state index < -0.39 is 0 Å². The summed E-state index contributed by atoms with van der Waals surface area (Å²) in [6, 6.07) is 54.6. The second-order valence-electron chi connectivity index (χ2n) is 17.8. The monoisotopic (exact) mass is 798 g/mol. The Morgan fingerprint density at radius 2 is 0.339 bits per heavy atom. The molecule has 0 radical (unpaired) electrons. The lowest BCUT2D eigenvalue weighted by atomic mass is 9.80. The molecule has 62 heavy (non-hydrogen) atoms. The van der Waals surface area contributed by atoms with Crippen LogP contribution in [0.5, 0.6) is 0 Å². The lowest BCUT2D eigenvalue weighted by Crippen LogP contribution is -2.01. The molecule has 0 N–H and O–H groups in total. The highest BCUT2D eigenvalue weighted by molar-refractivity contribution is 6.23. The minimum atomic E-state index is 1.21. The third kappa shape index (κ3) is 5.88. The molecule has 0 aliphatic carbocycles. The van der Waals surface area contributed by atoms with Crippen molar-refractivity contribution in [2.45, 2.75) is 69.2 Å². The molecular weight excluding hydrogens is 745 g/mol. The molecule has 0 saturated heterocycles. The Morgan fingerprint density at radius 3 is 0.565 bits per heavy atom. The smallest absolute Gasteiger partial charge is 0.00208 e. The molecule has 10 aromatic carbocycles. The van der Waals surface area contributed by atoms with Gasteiger partial charge in [0.1, 0.15) is 0 Å². The Bertz CT molecular complexity index is 3060. The first-order valence-electron chi connectivity index (χ1n) is 22.2. The van der Waals surface area contributed by atoms with Gasteiger partial charge in [-0.2, -0.15) is 0 Å².